The van der Waals surface area contributed by atoms with E-state index < -0.39 is 6.04 Å². The lowest BCUT2D eigenvalue weighted by molar-refractivity contribution is -0.125. The molecule has 1 heterocycles. The number of methoxy groups -OCH3 is 3. The molecule has 1 aromatic carbocycles. The molecule has 0 fully saturated rings. The molecule has 2 rings (SSSR count). The number of amides is 1. The predicted molar refractivity (Wildman–Crippen MR) is 84.6 cm³/mol. The Bertz CT molecular complexity index is 669. The summed E-state index contributed by atoms with van der Waals surface area (Å²) >= 11 is 0. The molecule has 0 aliphatic heterocycles. The fourth-order valence-electron chi connectivity index (χ4n) is 2.41. The summed E-state index contributed by atoms with van der Waals surface area (Å²) in [6, 6.07) is 5.03. The van der Waals surface area contributed by atoms with Crippen LogP contribution in [0.3, 0.4) is 0 Å². The van der Waals surface area contributed by atoms with Crippen molar-refractivity contribution in [3.63, 3.8) is 0 Å². The molecule has 1 atom stereocenters. The van der Waals surface area contributed by atoms with Gasteiger partial charge in [0, 0.05) is 32.1 Å². The summed E-state index contributed by atoms with van der Waals surface area (Å²) < 4.78 is 17.6. The molecular weight excluding hydrogens is 298 g/mol. The quantitative estimate of drug-likeness (QED) is 0.832. The Kier molecular flexibility index (Phi) is 5.59. The van der Waals surface area contributed by atoms with Crippen molar-refractivity contribution in [3.8, 4) is 11.5 Å². The average Bonchev–Trinajstić information content (AvgIpc) is 2.98. The molecule has 0 aliphatic rings. The van der Waals surface area contributed by atoms with Gasteiger partial charge >= 0.3 is 0 Å². The summed E-state index contributed by atoms with van der Waals surface area (Å²) in [5.41, 5.74) is 0.755. The summed E-state index contributed by atoms with van der Waals surface area (Å²) in [6.07, 6.45) is 3.49. The third-order valence-corrected chi connectivity index (χ3v) is 3.44. The smallest absolute Gasteiger partial charge is 0.246 e. The van der Waals surface area contributed by atoms with Crippen molar-refractivity contribution in [3.05, 3.63) is 42.0 Å². The van der Waals surface area contributed by atoms with Crippen LogP contribution in [-0.4, -0.2) is 43.4 Å². The molecule has 7 heteroatoms. The van der Waals surface area contributed by atoms with Crippen LogP contribution >= 0.6 is 0 Å². The van der Waals surface area contributed by atoms with Crippen LogP contribution in [0.15, 0.2) is 30.6 Å². The van der Waals surface area contributed by atoms with Crippen molar-refractivity contribution in [2.45, 2.75) is 6.04 Å². The van der Waals surface area contributed by atoms with E-state index in [1.807, 2.05) is 29.9 Å². The molecule has 0 radical (unpaired) electrons. The number of nitrogens with zero attached hydrogens (tertiary/aromatic N) is 2. The zero-order chi connectivity index (χ0) is 16.8. The number of nitrogens with one attached hydrogen (secondary N) is 1. The molecule has 1 aromatic heterocycles. The third-order valence-electron chi connectivity index (χ3n) is 3.44. The van der Waals surface area contributed by atoms with Gasteiger partial charge in [-0.25, -0.2) is 4.98 Å². The number of carbonyl (C=O) groups excluding carboxylic acids is 1. The number of aryl methyl sites for hydroxylation is 1. The molecule has 124 valence electrons. The van der Waals surface area contributed by atoms with Crippen molar-refractivity contribution in [2.75, 3.05) is 27.9 Å². The zero-order valence-electron chi connectivity index (χ0n) is 13.7. The first-order valence-electron chi connectivity index (χ1n) is 7.08. The van der Waals surface area contributed by atoms with Crippen LogP contribution in [0.4, 0.5) is 0 Å². The first-order chi connectivity index (χ1) is 11.1. The van der Waals surface area contributed by atoms with E-state index in [0.717, 1.165) is 5.56 Å². The minimum atomic E-state index is -0.484. The zero-order valence-corrected chi connectivity index (χ0v) is 13.7. The minimum absolute atomic E-state index is 0.0345. The number of benzene rings is 1. The molecule has 1 unspecified atom stereocenters. The van der Waals surface area contributed by atoms with Crippen LogP contribution in [0.5, 0.6) is 11.5 Å². The number of imidazole rings is 1. The summed E-state index contributed by atoms with van der Waals surface area (Å²) in [4.78, 5) is 16.4. The Labute approximate surface area is 135 Å². The number of hydrogen-bond donors (Lipinski definition) is 1. The molecule has 7 nitrogen and oxygen atoms in total. The van der Waals surface area contributed by atoms with Gasteiger partial charge in [-0.2, -0.15) is 0 Å². The fraction of sp³-hybridized carbons (Fsp3) is 0.375. The van der Waals surface area contributed by atoms with Gasteiger partial charge in [0.25, 0.3) is 0 Å². The lowest BCUT2D eigenvalue weighted by Gasteiger charge is -2.22. The molecule has 1 amide bonds. The van der Waals surface area contributed by atoms with Crippen molar-refractivity contribution in [2.24, 2.45) is 7.05 Å². The van der Waals surface area contributed by atoms with E-state index in [0.29, 0.717) is 17.3 Å². The number of ether oxygens (including phenoxy) is 3. The summed E-state index contributed by atoms with van der Waals surface area (Å²) in [7, 11) is 6.47. The highest BCUT2D eigenvalue weighted by molar-refractivity contribution is 5.78. The lowest BCUT2D eigenvalue weighted by Crippen LogP contribution is -2.33. The third kappa shape index (κ3) is 3.62. The van der Waals surface area contributed by atoms with Crippen molar-refractivity contribution in [1.82, 2.24) is 14.9 Å². The molecular formula is C16H21N3O4. The number of hydrogen-bond acceptors (Lipinski definition) is 5. The van der Waals surface area contributed by atoms with Gasteiger partial charge in [-0.15, -0.1) is 0 Å². The molecule has 2 aromatic rings. The number of rotatable bonds is 7. The van der Waals surface area contributed by atoms with Gasteiger partial charge in [0.2, 0.25) is 5.91 Å². The highest BCUT2D eigenvalue weighted by Gasteiger charge is 2.25. The van der Waals surface area contributed by atoms with Gasteiger partial charge in [-0.1, -0.05) is 12.1 Å². The lowest BCUT2D eigenvalue weighted by atomic mass is 10.0. The topological polar surface area (TPSA) is 74.6 Å². The van der Waals surface area contributed by atoms with Crippen LogP contribution in [0.25, 0.3) is 0 Å². The highest BCUT2D eigenvalue weighted by atomic mass is 16.5. The van der Waals surface area contributed by atoms with E-state index in [9.17, 15) is 4.79 Å². The monoisotopic (exact) mass is 319 g/mol. The van der Waals surface area contributed by atoms with Crippen molar-refractivity contribution in [1.29, 1.82) is 0 Å². The Balaban J connectivity index is 2.50. The van der Waals surface area contributed by atoms with E-state index in [1.54, 1.807) is 26.5 Å². The Morgan fingerprint density at radius 2 is 2.09 bits per heavy atom. The Morgan fingerprint density at radius 3 is 2.65 bits per heavy atom. The van der Waals surface area contributed by atoms with Gasteiger partial charge in [0.15, 0.2) is 11.5 Å². The van der Waals surface area contributed by atoms with Gasteiger partial charge < -0.3 is 24.1 Å². The van der Waals surface area contributed by atoms with E-state index in [-0.39, 0.29) is 12.5 Å². The van der Waals surface area contributed by atoms with Crippen molar-refractivity contribution >= 4 is 5.91 Å². The van der Waals surface area contributed by atoms with Crippen LogP contribution in [-0.2, 0) is 16.6 Å². The summed E-state index contributed by atoms with van der Waals surface area (Å²) in [6.45, 7) is -0.0345. The maximum Gasteiger partial charge on any atom is 0.246 e. The van der Waals surface area contributed by atoms with Gasteiger partial charge in [0.1, 0.15) is 18.5 Å². The van der Waals surface area contributed by atoms with Gasteiger partial charge in [0.05, 0.1) is 14.2 Å². The molecule has 0 saturated carbocycles. The Hall–Kier alpha value is -2.54. The largest absolute Gasteiger partial charge is 0.493 e. The molecule has 0 aliphatic carbocycles. The molecule has 1 N–H and O–H groups in total. The van der Waals surface area contributed by atoms with Crippen LogP contribution in [0.2, 0.25) is 0 Å². The molecule has 0 spiro atoms. The second-order valence-electron chi connectivity index (χ2n) is 4.91. The fourth-order valence-corrected chi connectivity index (χ4v) is 2.41. The minimum Gasteiger partial charge on any atom is -0.493 e. The van der Waals surface area contributed by atoms with Gasteiger partial charge in [-0.05, 0) is 6.07 Å². The average molecular weight is 319 g/mol. The van der Waals surface area contributed by atoms with E-state index in [1.165, 1.54) is 7.11 Å². The predicted octanol–water partition coefficient (Wildman–Crippen LogP) is 1.29. The van der Waals surface area contributed by atoms with Crippen LogP contribution in [0, 0.1) is 0 Å². The Morgan fingerprint density at radius 1 is 1.30 bits per heavy atom. The molecule has 0 saturated heterocycles. The molecule has 23 heavy (non-hydrogen) atoms. The highest BCUT2D eigenvalue weighted by Crippen LogP contribution is 2.36. The van der Waals surface area contributed by atoms with Gasteiger partial charge in [-0.3, -0.25) is 4.79 Å². The van der Waals surface area contributed by atoms with E-state index in [2.05, 4.69) is 10.3 Å². The summed E-state index contributed by atoms with van der Waals surface area (Å²) in [5.74, 6) is 1.58. The second kappa shape index (κ2) is 7.64. The summed E-state index contributed by atoms with van der Waals surface area (Å²) in [5, 5.41) is 2.92. The normalized spacial score (nSPS) is 11.8. The van der Waals surface area contributed by atoms with E-state index in [4.69, 9.17) is 14.2 Å². The van der Waals surface area contributed by atoms with E-state index >= 15 is 0 Å². The number of para-hydroxylation sites is 1. The number of carbonyl (C=O) groups is 1. The number of aromatic nitrogens is 2. The second-order valence-corrected chi connectivity index (χ2v) is 4.91. The van der Waals surface area contributed by atoms with Crippen LogP contribution < -0.4 is 14.8 Å². The SMILES string of the molecule is COCC(=O)NC(c1cccc(OC)c1OC)c1nccn1C. The molecule has 0 bridgehead atoms. The first kappa shape index (κ1) is 16.8. The maximum atomic E-state index is 12.0. The maximum absolute atomic E-state index is 12.0. The standard InChI is InChI=1S/C16H21N3O4/c1-19-9-8-17-16(19)14(18-13(20)10-21-2)11-6-5-7-12(22-3)15(11)23-4/h5-9,14H,10H2,1-4H3,(H,18,20). The van der Waals surface area contributed by atoms with Crippen LogP contribution in [0.1, 0.15) is 17.4 Å². The first-order valence-corrected chi connectivity index (χ1v) is 7.08. The van der Waals surface area contributed by atoms with Crippen molar-refractivity contribution < 1.29 is 19.0 Å².